The number of piperazine rings is 1. The van der Waals surface area contributed by atoms with Gasteiger partial charge in [0.05, 0.1) is 0 Å². The molecule has 3 N–H and O–H groups in total. The van der Waals surface area contributed by atoms with Crippen LogP contribution in [0, 0.1) is 0 Å². The smallest absolute Gasteiger partial charge is 0.0110 e. The molecule has 0 amide bonds. The van der Waals surface area contributed by atoms with E-state index in [1.807, 2.05) is 0 Å². The van der Waals surface area contributed by atoms with Crippen molar-refractivity contribution in [3.05, 3.63) is 0 Å². The van der Waals surface area contributed by atoms with Crippen LogP contribution in [0.5, 0.6) is 0 Å². The Morgan fingerprint density at radius 1 is 0.808 bits per heavy atom. The summed E-state index contributed by atoms with van der Waals surface area (Å²) in [5, 5.41) is 3.63. The first-order valence-electron chi connectivity index (χ1n) is 11.3. The van der Waals surface area contributed by atoms with Gasteiger partial charge in [-0.15, -0.1) is 0 Å². The van der Waals surface area contributed by atoms with E-state index in [1.54, 1.807) is 0 Å². The second kappa shape index (κ2) is 16.9. The fourth-order valence-electron chi connectivity index (χ4n) is 3.66. The van der Waals surface area contributed by atoms with Crippen LogP contribution >= 0.6 is 0 Å². The standard InChI is InChI=1S/C21H47N5/c1-3-4-5-6-7-8-9-10-14-25(15-11-22)16-12-23-13-17-26-20-18-24(2)19-21-26/h23H,3-22H2,1-2H3. The largest absolute Gasteiger partial charge is 0.329 e. The molecule has 0 atom stereocenters. The zero-order valence-electron chi connectivity index (χ0n) is 17.9. The Bertz CT molecular complexity index is 292. The van der Waals surface area contributed by atoms with E-state index >= 15 is 0 Å². The predicted octanol–water partition coefficient (Wildman–Crippen LogP) is 2.22. The number of likely N-dealkylation sites (N-methyl/N-ethyl adjacent to an activating group) is 1. The van der Waals surface area contributed by atoms with Gasteiger partial charge < -0.3 is 20.9 Å². The molecule has 5 nitrogen and oxygen atoms in total. The summed E-state index contributed by atoms with van der Waals surface area (Å²) < 4.78 is 0. The van der Waals surface area contributed by atoms with E-state index in [0.717, 1.165) is 32.7 Å². The van der Waals surface area contributed by atoms with Crippen LogP contribution in [0.1, 0.15) is 58.3 Å². The summed E-state index contributed by atoms with van der Waals surface area (Å²) in [7, 11) is 2.22. The first-order chi connectivity index (χ1) is 12.8. The van der Waals surface area contributed by atoms with Crippen molar-refractivity contribution in [3.63, 3.8) is 0 Å². The molecule has 1 heterocycles. The predicted molar refractivity (Wildman–Crippen MR) is 115 cm³/mol. The van der Waals surface area contributed by atoms with Crippen LogP contribution in [-0.2, 0) is 0 Å². The van der Waals surface area contributed by atoms with Crippen LogP contribution in [0.25, 0.3) is 0 Å². The van der Waals surface area contributed by atoms with Gasteiger partial charge in [0.2, 0.25) is 0 Å². The first-order valence-corrected chi connectivity index (χ1v) is 11.3. The van der Waals surface area contributed by atoms with E-state index in [1.165, 1.54) is 90.6 Å². The van der Waals surface area contributed by atoms with E-state index in [9.17, 15) is 0 Å². The molecule has 0 aromatic rings. The maximum absolute atomic E-state index is 5.79. The lowest BCUT2D eigenvalue weighted by Crippen LogP contribution is -2.47. The topological polar surface area (TPSA) is 47.8 Å². The Labute approximate surface area is 163 Å². The van der Waals surface area contributed by atoms with Crippen molar-refractivity contribution in [1.82, 2.24) is 20.0 Å². The highest BCUT2D eigenvalue weighted by Crippen LogP contribution is 2.08. The van der Waals surface area contributed by atoms with Crippen molar-refractivity contribution < 1.29 is 0 Å². The minimum Gasteiger partial charge on any atom is -0.329 e. The monoisotopic (exact) mass is 369 g/mol. The van der Waals surface area contributed by atoms with E-state index in [4.69, 9.17) is 5.73 Å². The summed E-state index contributed by atoms with van der Waals surface area (Å²) in [5.74, 6) is 0. The van der Waals surface area contributed by atoms with Gasteiger partial charge in [0.15, 0.2) is 0 Å². The highest BCUT2D eigenvalue weighted by molar-refractivity contribution is 4.70. The zero-order valence-corrected chi connectivity index (χ0v) is 17.9. The molecule has 0 bridgehead atoms. The van der Waals surface area contributed by atoms with Crippen LogP contribution in [0.15, 0.2) is 0 Å². The van der Waals surface area contributed by atoms with Crippen molar-refractivity contribution in [3.8, 4) is 0 Å². The number of rotatable bonds is 17. The molecule has 0 radical (unpaired) electrons. The molecule has 26 heavy (non-hydrogen) atoms. The number of hydrogen-bond acceptors (Lipinski definition) is 5. The number of unbranched alkanes of at least 4 members (excludes halogenated alkanes) is 7. The second-order valence-corrected chi connectivity index (χ2v) is 8.00. The van der Waals surface area contributed by atoms with E-state index < -0.39 is 0 Å². The molecule has 1 aliphatic heterocycles. The van der Waals surface area contributed by atoms with Crippen LogP contribution in [-0.4, -0.2) is 93.7 Å². The zero-order chi connectivity index (χ0) is 18.9. The lowest BCUT2D eigenvalue weighted by molar-refractivity contribution is 0.154. The number of nitrogens with two attached hydrogens (primary N) is 1. The number of nitrogens with zero attached hydrogens (tertiary/aromatic N) is 3. The summed E-state index contributed by atoms with van der Waals surface area (Å²) in [5.41, 5.74) is 5.79. The Morgan fingerprint density at radius 2 is 1.46 bits per heavy atom. The molecule has 0 aromatic carbocycles. The molecule has 1 rings (SSSR count). The minimum atomic E-state index is 0.776. The quantitative estimate of drug-likeness (QED) is 0.385. The highest BCUT2D eigenvalue weighted by atomic mass is 15.2. The molecule has 0 unspecified atom stereocenters. The minimum absolute atomic E-state index is 0.776. The molecule has 1 fully saturated rings. The fraction of sp³-hybridized carbons (Fsp3) is 1.00. The molecule has 0 aliphatic carbocycles. The van der Waals surface area contributed by atoms with Crippen molar-refractivity contribution in [2.45, 2.75) is 58.3 Å². The van der Waals surface area contributed by atoms with Gasteiger partial charge in [-0.1, -0.05) is 51.9 Å². The second-order valence-electron chi connectivity index (χ2n) is 8.00. The van der Waals surface area contributed by atoms with Crippen molar-refractivity contribution in [2.75, 3.05) is 79.0 Å². The van der Waals surface area contributed by atoms with Gasteiger partial charge in [0.1, 0.15) is 0 Å². The van der Waals surface area contributed by atoms with Crippen LogP contribution in [0.2, 0.25) is 0 Å². The average molecular weight is 370 g/mol. The normalized spacial score (nSPS) is 16.6. The molecule has 0 aromatic heterocycles. The molecule has 0 saturated carbocycles. The fourth-order valence-corrected chi connectivity index (χ4v) is 3.66. The van der Waals surface area contributed by atoms with E-state index in [-0.39, 0.29) is 0 Å². The lowest BCUT2D eigenvalue weighted by Gasteiger charge is -2.32. The molecule has 156 valence electrons. The summed E-state index contributed by atoms with van der Waals surface area (Å²) >= 11 is 0. The van der Waals surface area contributed by atoms with Crippen LogP contribution in [0.3, 0.4) is 0 Å². The lowest BCUT2D eigenvalue weighted by atomic mass is 10.1. The van der Waals surface area contributed by atoms with Crippen molar-refractivity contribution in [2.24, 2.45) is 5.73 Å². The van der Waals surface area contributed by atoms with Gasteiger partial charge in [-0.25, -0.2) is 0 Å². The summed E-state index contributed by atoms with van der Waals surface area (Å²) in [6.45, 7) is 14.7. The summed E-state index contributed by atoms with van der Waals surface area (Å²) in [6, 6.07) is 0. The van der Waals surface area contributed by atoms with E-state index in [2.05, 4.69) is 34.0 Å². The van der Waals surface area contributed by atoms with Gasteiger partial charge in [0.25, 0.3) is 0 Å². The van der Waals surface area contributed by atoms with Crippen LogP contribution in [0.4, 0.5) is 0 Å². The van der Waals surface area contributed by atoms with Gasteiger partial charge >= 0.3 is 0 Å². The van der Waals surface area contributed by atoms with E-state index in [0.29, 0.717) is 0 Å². The Morgan fingerprint density at radius 3 is 2.12 bits per heavy atom. The van der Waals surface area contributed by atoms with Gasteiger partial charge in [-0.2, -0.15) is 0 Å². The third kappa shape index (κ3) is 13.0. The molecular weight excluding hydrogens is 322 g/mol. The maximum atomic E-state index is 5.79. The number of nitrogens with one attached hydrogen (secondary N) is 1. The molecular formula is C21H47N5. The van der Waals surface area contributed by atoms with Crippen LogP contribution < -0.4 is 11.1 Å². The maximum Gasteiger partial charge on any atom is 0.0110 e. The highest BCUT2D eigenvalue weighted by Gasteiger charge is 2.12. The average Bonchev–Trinajstić information content (AvgIpc) is 2.65. The van der Waals surface area contributed by atoms with Crippen molar-refractivity contribution >= 4 is 0 Å². The summed E-state index contributed by atoms with van der Waals surface area (Å²) in [6.07, 6.45) is 11.1. The molecule has 1 saturated heterocycles. The summed E-state index contributed by atoms with van der Waals surface area (Å²) in [4.78, 5) is 7.53. The molecule has 0 spiro atoms. The van der Waals surface area contributed by atoms with Crippen molar-refractivity contribution in [1.29, 1.82) is 0 Å². The molecule has 5 heteroatoms. The van der Waals surface area contributed by atoms with Gasteiger partial charge in [0, 0.05) is 65.4 Å². The third-order valence-corrected chi connectivity index (χ3v) is 5.58. The Hall–Kier alpha value is -0.200. The first kappa shape index (κ1) is 23.8. The Kier molecular flexibility index (Phi) is 15.5. The Balaban J connectivity index is 1.95. The SMILES string of the molecule is CCCCCCCCCCN(CCN)CCNCCN1CCN(C)CC1. The molecule has 1 aliphatic rings. The van der Waals surface area contributed by atoms with Gasteiger partial charge in [-0.05, 0) is 20.0 Å². The third-order valence-electron chi connectivity index (χ3n) is 5.58. The number of hydrogen-bond donors (Lipinski definition) is 2. The van der Waals surface area contributed by atoms with Gasteiger partial charge in [-0.3, -0.25) is 4.90 Å².